The number of hydrogen-bond donors (Lipinski definition) is 2. The van der Waals surface area contributed by atoms with Crippen molar-refractivity contribution in [1.82, 2.24) is 5.32 Å². The number of hydrogen-bond acceptors (Lipinski definition) is 3. The molecule has 0 saturated heterocycles. The predicted molar refractivity (Wildman–Crippen MR) is 102 cm³/mol. The van der Waals surface area contributed by atoms with E-state index in [9.17, 15) is 9.59 Å². The van der Waals surface area contributed by atoms with Gasteiger partial charge < -0.3 is 11.1 Å². The molecule has 25 heavy (non-hydrogen) atoms. The molecule has 0 atom stereocenters. The summed E-state index contributed by atoms with van der Waals surface area (Å²) in [6, 6.07) is 14.2. The maximum Gasteiger partial charge on any atom is 0.251 e. The van der Waals surface area contributed by atoms with E-state index >= 15 is 0 Å². The van der Waals surface area contributed by atoms with Crippen LogP contribution in [0.4, 0.5) is 5.69 Å². The zero-order valence-electron chi connectivity index (χ0n) is 14.1. The summed E-state index contributed by atoms with van der Waals surface area (Å²) in [6.45, 7) is 0.598. The second-order valence-corrected chi connectivity index (χ2v) is 6.42. The molecule has 2 aromatic carbocycles. The van der Waals surface area contributed by atoms with Gasteiger partial charge in [-0.05, 0) is 48.7 Å². The van der Waals surface area contributed by atoms with Crippen molar-refractivity contribution in [1.29, 1.82) is 0 Å². The summed E-state index contributed by atoms with van der Waals surface area (Å²) in [6.07, 6.45) is 3.50. The van der Waals surface area contributed by atoms with Crippen LogP contribution in [0.15, 0.2) is 48.5 Å². The number of carbonyl (C=O) groups is 2. The molecule has 0 bridgehead atoms. The Bertz CT molecular complexity index is 714. The maximum absolute atomic E-state index is 12.0. The third-order valence-electron chi connectivity index (χ3n) is 3.97. The predicted octanol–water partition coefficient (Wildman–Crippen LogP) is 4.02. The number of benzene rings is 2. The number of amides is 1. The molecule has 0 heterocycles. The van der Waals surface area contributed by atoms with Gasteiger partial charge in [-0.25, -0.2) is 0 Å². The van der Waals surface area contributed by atoms with Crippen LogP contribution in [0.2, 0.25) is 5.02 Å². The van der Waals surface area contributed by atoms with Crippen molar-refractivity contribution in [3.63, 3.8) is 0 Å². The first kappa shape index (κ1) is 19.0. The molecule has 5 heteroatoms. The molecule has 0 aliphatic rings. The van der Waals surface area contributed by atoms with E-state index in [4.69, 9.17) is 17.3 Å². The number of ketones is 1. The van der Waals surface area contributed by atoms with E-state index in [-0.39, 0.29) is 11.7 Å². The van der Waals surface area contributed by atoms with Crippen molar-refractivity contribution >= 4 is 29.0 Å². The van der Waals surface area contributed by atoms with Crippen molar-refractivity contribution in [3.8, 4) is 0 Å². The second kappa shape index (κ2) is 9.84. The lowest BCUT2D eigenvalue weighted by atomic mass is 10.0. The average molecular weight is 359 g/mol. The topological polar surface area (TPSA) is 72.2 Å². The van der Waals surface area contributed by atoms with Gasteiger partial charge in [0.05, 0.1) is 0 Å². The SMILES string of the molecule is Nc1ccccc1CC(=O)CCCCCNC(=O)c1ccc(Cl)cc1. The van der Waals surface area contributed by atoms with Crippen LogP contribution in [-0.2, 0) is 11.2 Å². The highest BCUT2D eigenvalue weighted by molar-refractivity contribution is 6.30. The smallest absolute Gasteiger partial charge is 0.251 e. The Morgan fingerprint density at radius 1 is 0.960 bits per heavy atom. The Kier molecular flexibility index (Phi) is 7.48. The molecular weight excluding hydrogens is 336 g/mol. The van der Waals surface area contributed by atoms with Gasteiger partial charge in [0.25, 0.3) is 5.91 Å². The Labute approximate surface area is 153 Å². The summed E-state index contributed by atoms with van der Waals surface area (Å²) in [7, 11) is 0. The lowest BCUT2D eigenvalue weighted by Gasteiger charge is -2.06. The summed E-state index contributed by atoms with van der Waals surface area (Å²) in [5, 5.41) is 3.48. The third-order valence-corrected chi connectivity index (χ3v) is 4.22. The Morgan fingerprint density at radius 3 is 2.40 bits per heavy atom. The molecule has 1 amide bonds. The largest absolute Gasteiger partial charge is 0.398 e. The second-order valence-electron chi connectivity index (χ2n) is 5.99. The van der Waals surface area contributed by atoms with Crippen LogP contribution in [-0.4, -0.2) is 18.2 Å². The molecule has 0 saturated carbocycles. The monoisotopic (exact) mass is 358 g/mol. The lowest BCUT2D eigenvalue weighted by molar-refractivity contribution is -0.118. The van der Waals surface area contributed by atoms with Crippen LogP contribution in [0.25, 0.3) is 0 Å². The number of anilines is 1. The van der Waals surface area contributed by atoms with E-state index in [0.29, 0.717) is 35.7 Å². The molecular formula is C20H23ClN2O2. The average Bonchev–Trinajstić information content (AvgIpc) is 2.60. The fourth-order valence-electron chi connectivity index (χ4n) is 2.53. The Balaban J connectivity index is 1.58. The van der Waals surface area contributed by atoms with Crippen LogP contribution < -0.4 is 11.1 Å². The summed E-state index contributed by atoms with van der Waals surface area (Å²) in [5.74, 6) is 0.0930. The first-order valence-electron chi connectivity index (χ1n) is 8.45. The van der Waals surface area contributed by atoms with Gasteiger partial charge in [-0.2, -0.15) is 0 Å². The van der Waals surface area contributed by atoms with Gasteiger partial charge >= 0.3 is 0 Å². The quantitative estimate of drug-likeness (QED) is 0.525. The first-order valence-corrected chi connectivity index (χ1v) is 8.83. The molecule has 0 fully saturated rings. The number of halogens is 1. The molecule has 0 aliphatic carbocycles. The van der Waals surface area contributed by atoms with Crippen LogP contribution in [0.5, 0.6) is 0 Å². The van der Waals surface area contributed by atoms with Gasteiger partial charge in [0, 0.05) is 35.7 Å². The zero-order chi connectivity index (χ0) is 18.1. The molecule has 2 rings (SSSR count). The minimum atomic E-state index is -0.104. The van der Waals surface area contributed by atoms with Crippen LogP contribution in [0.3, 0.4) is 0 Å². The van der Waals surface area contributed by atoms with E-state index in [0.717, 1.165) is 24.8 Å². The fourth-order valence-corrected chi connectivity index (χ4v) is 2.65. The number of para-hydroxylation sites is 1. The summed E-state index contributed by atoms with van der Waals surface area (Å²) >= 11 is 5.80. The maximum atomic E-state index is 12.0. The highest BCUT2D eigenvalue weighted by atomic mass is 35.5. The van der Waals surface area contributed by atoms with Gasteiger partial charge in [0.1, 0.15) is 5.78 Å². The molecule has 0 radical (unpaired) electrons. The van der Waals surface area contributed by atoms with E-state index in [1.165, 1.54) is 0 Å². The van der Waals surface area contributed by atoms with Crippen LogP contribution in [0.1, 0.15) is 41.6 Å². The van der Waals surface area contributed by atoms with Crippen LogP contribution in [0, 0.1) is 0 Å². The van der Waals surface area contributed by atoms with Crippen molar-refractivity contribution in [3.05, 3.63) is 64.7 Å². The number of unbranched alkanes of at least 4 members (excludes halogenated alkanes) is 2. The molecule has 2 aromatic rings. The van der Waals surface area contributed by atoms with Gasteiger partial charge in [0.2, 0.25) is 0 Å². The highest BCUT2D eigenvalue weighted by Gasteiger charge is 2.07. The standard InChI is InChI=1S/C20H23ClN2O2/c21-17-11-9-15(10-12-17)20(25)23-13-5-1-2-7-18(24)14-16-6-3-4-8-19(16)22/h3-4,6,8-12H,1-2,5,7,13-14,22H2,(H,23,25). The van der Waals surface area contributed by atoms with Gasteiger partial charge in [-0.1, -0.05) is 36.2 Å². The summed E-state index contributed by atoms with van der Waals surface area (Å²) in [4.78, 5) is 23.9. The number of carbonyl (C=O) groups excluding carboxylic acids is 2. The van der Waals surface area contributed by atoms with E-state index in [2.05, 4.69) is 5.32 Å². The first-order chi connectivity index (χ1) is 12.1. The number of nitrogens with one attached hydrogen (secondary N) is 1. The van der Waals surface area contributed by atoms with Crippen molar-refractivity contribution < 1.29 is 9.59 Å². The van der Waals surface area contributed by atoms with Gasteiger partial charge in [-0.3, -0.25) is 9.59 Å². The Hall–Kier alpha value is -2.33. The van der Waals surface area contributed by atoms with Crippen molar-refractivity contribution in [2.75, 3.05) is 12.3 Å². The number of Topliss-reactive ketones (excluding diaryl/α,β-unsaturated/α-hetero) is 1. The number of nitrogens with two attached hydrogens (primary N) is 1. The molecule has 132 valence electrons. The van der Waals surface area contributed by atoms with E-state index < -0.39 is 0 Å². The third kappa shape index (κ3) is 6.59. The summed E-state index contributed by atoms with van der Waals surface area (Å²) in [5.41, 5.74) is 8.00. The normalized spacial score (nSPS) is 10.4. The number of rotatable bonds is 9. The van der Waals surface area contributed by atoms with E-state index in [1.54, 1.807) is 24.3 Å². The minimum Gasteiger partial charge on any atom is -0.398 e. The van der Waals surface area contributed by atoms with Crippen molar-refractivity contribution in [2.45, 2.75) is 32.1 Å². The molecule has 0 unspecified atom stereocenters. The molecule has 0 aliphatic heterocycles. The lowest BCUT2D eigenvalue weighted by Crippen LogP contribution is -2.24. The van der Waals surface area contributed by atoms with Crippen LogP contribution >= 0.6 is 11.6 Å². The molecule has 4 nitrogen and oxygen atoms in total. The minimum absolute atomic E-state index is 0.104. The van der Waals surface area contributed by atoms with Crippen molar-refractivity contribution in [2.24, 2.45) is 0 Å². The van der Waals surface area contributed by atoms with Gasteiger partial charge in [0.15, 0.2) is 0 Å². The molecule has 0 aromatic heterocycles. The van der Waals surface area contributed by atoms with E-state index in [1.807, 2.05) is 24.3 Å². The fraction of sp³-hybridized carbons (Fsp3) is 0.300. The molecule has 0 spiro atoms. The molecule has 3 N–H and O–H groups in total. The number of nitrogen functional groups attached to an aromatic ring is 1. The summed E-state index contributed by atoms with van der Waals surface area (Å²) < 4.78 is 0. The Morgan fingerprint density at radius 2 is 1.68 bits per heavy atom. The van der Waals surface area contributed by atoms with Gasteiger partial charge in [-0.15, -0.1) is 0 Å². The highest BCUT2D eigenvalue weighted by Crippen LogP contribution is 2.13. The zero-order valence-corrected chi connectivity index (χ0v) is 14.9.